The van der Waals surface area contributed by atoms with E-state index in [2.05, 4.69) is 10.3 Å². The van der Waals surface area contributed by atoms with E-state index in [4.69, 9.17) is 9.47 Å². The van der Waals surface area contributed by atoms with Crippen molar-refractivity contribution in [1.82, 2.24) is 4.98 Å². The Morgan fingerprint density at radius 2 is 2.18 bits per heavy atom. The van der Waals surface area contributed by atoms with E-state index < -0.39 is 6.10 Å². The molecule has 2 rings (SSSR count). The highest BCUT2D eigenvalue weighted by Crippen LogP contribution is 2.21. The highest BCUT2D eigenvalue weighted by atomic mass is 32.1. The zero-order valence-corrected chi connectivity index (χ0v) is 14.0. The van der Waals surface area contributed by atoms with Crippen molar-refractivity contribution >= 4 is 22.4 Å². The summed E-state index contributed by atoms with van der Waals surface area (Å²) in [5, 5.41) is 3.39. The Balaban J connectivity index is 1.88. The summed E-state index contributed by atoms with van der Waals surface area (Å²) in [5.74, 6) is 0.573. The van der Waals surface area contributed by atoms with Crippen molar-refractivity contribution in [2.24, 2.45) is 0 Å². The fourth-order valence-electron chi connectivity index (χ4n) is 1.79. The minimum atomic E-state index is -0.560. The van der Waals surface area contributed by atoms with Crippen LogP contribution < -0.4 is 10.1 Å². The molecule has 1 aromatic heterocycles. The second kappa shape index (κ2) is 7.38. The third kappa shape index (κ3) is 4.29. The van der Waals surface area contributed by atoms with E-state index in [1.54, 1.807) is 14.0 Å². The smallest absolute Gasteiger partial charge is 0.255 e. The van der Waals surface area contributed by atoms with Gasteiger partial charge in [0.1, 0.15) is 11.9 Å². The first-order valence-electron chi connectivity index (χ1n) is 6.99. The molecule has 1 atom stereocenters. The molecule has 5 nitrogen and oxygen atoms in total. The standard InChI is InChI=1S/C16H20N2O3S/c1-10-12(3)22-16(17-10)18-15(19)11(2)21-9-13-6-5-7-14(8-13)20-4/h5-8,11H,9H2,1-4H3,(H,17,18,19)/t11-/m1/s1. The Hall–Kier alpha value is -1.92. The van der Waals surface area contributed by atoms with Crippen LogP contribution in [0.5, 0.6) is 5.75 Å². The van der Waals surface area contributed by atoms with E-state index in [9.17, 15) is 4.79 Å². The zero-order valence-electron chi connectivity index (χ0n) is 13.2. The lowest BCUT2D eigenvalue weighted by molar-refractivity contribution is -0.127. The maximum atomic E-state index is 12.1. The molecule has 2 aromatic rings. The first-order valence-corrected chi connectivity index (χ1v) is 7.80. The fraction of sp³-hybridized carbons (Fsp3) is 0.375. The van der Waals surface area contributed by atoms with E-state index in [0.29, 0.717) is 11.7 Å². The molecule has 118 valence electrons. The van der Waals surface area contributed by atoms with E-state index in [-0.39, 0.29) is 5.91 Å². The minimum absolute atomic E-state index is 0.198. The van der Waals surface area contributed by atoms with Crippen molar-refractivity contribution in [3.05, 3.63) is 40.4 Å². The van der Waals surface area contributed by atoms with Gasteiger partial charge >= 0.3 is 0 Å². The van der Waals surface area contributed by atoms with Gasteiger partial charge in [0.05, 0.1) is 19.4 Å². The lowest BCUT2D eigenvalue weighted by Gasteiger charge is -2.12. The Kier molecular flexibility index (Phi) is 5.51. The molecule has 0 bridgehead atoms. The highest BCUT2D eigenvalue weighted by molar-refractivity contribution is 7.15. The summed E-state index contributed by atoms with van der Waals surface area (Å²) in [6.07, 6.45) is -0.560. The van der Waals surface area contributed by atoms with Gasteiger partial charge in [-0.15, -0.1) is 11.3 Å². The summed E-state index contributed by atoms with van der Waals surface area (Å²) in [5.41, 5.74) is 1.89. The molecule has 1 N–H and O–H groups in total. The molecule has 0 aliphatic rings. The molecule has 6 heteroatoms. The number of hydrogen-bond acceptors (Lipinski definition) is 5. The van der Waals surface area contributed by atoms with Gasteiger partial charge in [-0.3, -0.25) is 10.1 Å². The molecule has 1 aromatic carbocycles. The van der Waals surface area contributed by atoms with Crippen molar-refractivity contribution < 1.29 is 14.3 Å². The predicted octanol–water partition coefficient (Wildman–Crippen LogP) is 3.31. The number of carbonyl (C=O) groups is 1. The van der Waals surface area contributed by atoms with Gasteiger partial charge in [0.25, 0.3) is 5.91 Å². The normalized spacial score (nSPS) is 12.0. The average molecular weight is 320 g/mol. The molecule has 0 unspecified atom stereocenters. The lowest BCUT2D eigenvalue weighted by Crippen LogP contribution is -2.27. The number of aromatic nitrogens is 1. The molecular weight excluding hydrogens is 300 g/mol. The third-order valence-corrected chi connectivity index (χ3v) is 4.25. The summed E-state index contributed by atoms with van der Waals surface area (Å²) in [6.45, 7) is 5.97. The van der Waals surface area contributed by atoms with Crippen LogP contribution in [0.25, 0.3) is 0 Å². The molecule has 0 fully saturated rings. The molecule has 0 radical (unpaired) electrons. The summed E-state index contributed by atoms with van der Waals surface area (Å²) >= 11 is 1.46. The Morgan fingerprint density at radius 3 is 2.82 bits per heavy atom. The van der Waals surface area contributed by atoms with Gasteiger partial charge in [0.15, 0.2) is 5.13 Å². The van der Waals surface area contributed by atoms with Crippen LogP contribution in [0.2, 0.25) is 0 Å². The Morgan fingerprint density at radius 1 is 1.41 bits per heavy atom. The van der Waals surface area contributed by atoms with Crippen molar-refractivity contribution in [3.63, 3.8) is 0 Å². The van der Waals surface area contributed by atoms with Gasteiger partial charge in [-0.05, 0) is 38.5 Å². The maximum absolute atomic E-state index is 12.1. The van der Waals surface area contributed by atoms with Crippen LogP contribution in [0.15, 0.2) is 24.3 Å². The number of thiazole rings is 1. The average Bonchev–Trinajstić information content (AvgIpc) is 2.82. The topological polar surface area (TPSA) is 60.5 Å². The summed E-state index contributed by atoms with van der Waals surface area (Å²) < 4.78 is 10.8. The Bertz CT molecular complexity index is 635. The van der Waals surface area contributed by atoms with E-state index in [1.165, 1.54) is 11.3 Å². The van der Waals surface area contributed by atoms with E-state index in [0.717, 1.165) is 21.9 Å². The molecule has 0 aliphatic carbocycles. The molecule has 22 heavy (non-hydrogen) atoms. The van der Waals surface area contributed by atoms with Crippen molar-refractivity contribution in [2.45, 2.75) is 33.5 Å². The van der Waals surface area contributed by atoms with Gasteiger partial charge in [-0.1, -0.05) is 12.1 Å². The molecule has 1 heterocycles. The van der Waals surface area contributed by atoms with Crippen LogP contribution in [0.4, 0.5) is 5.13 Å². The zero-order chi connectivity index (χ0) is 16.1. The third-order valence-electron chi connectivity index (χ3n) is 3.26. The van der Waals surface area contributed by atoms with Crippen molar-refractivity contribution in [1.29, 1.82) is 0 Å². The van der Waals surface area contributed by atoms with Gasteiger partial charge in [0, 0.05) is 4.88 Å². The second-order valence-corrected chi connectivity index (χ2v) is 6.16. The Labute approximate surface area is 134 Å². The van der Waals surface area contributed by atoms with Crippen LogP contribution >= 0.6 is 11.3 Å². The van der Waals surface area contributed by atoms with E-state index >= 15 is 0 Å². The first-order chi connectivity index (χ1) is 10.5. The number of benzene rings is 1. The quantitative estimate of drug-likeness (QED) is 0.887. The molecular formula is C16H20N2O3S. The first kappa shape index (κ1) is 16.5. The van der Waals surface area contributed by atoms with Crippen molar-refractivity contribution in [3.8, 4) is 5.75 Å². The predicted molar refractivity (Wildman–Crippen MR) is 87.5 cm³/mol. The number of hydrogen-bond donors (Lipinski definition) is 1. The van der Waals surface area contributed by atoms with Crippen LogP contribution in [0, 0.1) is 13.8 Å². The molecule has 0 saturated carbocycles. The number of nitrogens with zero attached hydrogens (tertiary/aromatic N) is 1. The number of anilines is 1. The monoisotopic (exact) mass is 320 g/mol. The number of nitrogens with one attached hydrogen (secondary N) is 1. The summed E-state index contributed by atoms with van der Waals surface area (Å²) in [7, 11) is 1.62. The largest absolute Gasteiger partial charge is 0.497 e. The second-order valence-electron chi connectivity index (χ2n) is 4.95. The summed E-state index contributed by atoms with van der Waals surface area (Å²) in [4.78, 5) is 17.5. The number of amides is 1. The fourth-order valence-corrected chi connectivity index (χ4v) is 2.61. The van der Waals surface area contributed by atoms with Gasteiger partial charge < -0.3 is 9.47 Å². The van der Waals surface area contributed by atoms with Gasteiger partial charge in [-0.25, -0.2) is 4.98 Å². The van der Waals surface area contributed by atoms with Crippen LogP contribution in [0.3, 0.4) is 0 Å². The molecule has 0 spiro atoms. The molecule has 0 saturated heterocycles. The number of carbonyl (C=O) groups excluding carboxylic acids is 1. The van der Waals surface area contributed by atoms with Crippen molar-refractivity contribution in [2.75, 3.05) is 12.4 Å². The number of methoxy groups -OCH3 is 1. The van der Waals surface area contributed by atoms with Crippen LogP contribution in [-0.4, -0.2) is 24.1 Å². The SMILES string of the molecule is COc1cccc(CO[C@H](C)C(=O)Nc2nc(C)c(C)s2)c1. The molecule has 0 aliphatic heterocycles. The molecule has 1 amide bonds. The lowest BCUT2D eigenvalue weighted by atomic mass is 10.2. The summed E-state index contributed by atoms with van der Waals surface area (Å²) in [6, 6.07) is 7.58. The van der Waals surface area contributed by atoms with Crippen LogP contribution in [0.1, 0.15) is 23.1 Å². The number of rotatable bonds is 6. The minimum Gasteiger partial charge on any atom is -0.497 e. The van der Waals surface area contributed by atoms with E-state index in [1.807, 2.05) is 38.1 Å². The van der Waals surface area contributed by atoms with Gasteiger partial charge in [-0.2, -0.15) is 0 Å². The highest BCUT2D eigenvalue weighted by Gasteiger charge is 2.16. The number of aryl methyl sites for hydroxylation is 2. The number of ether oxygens (including phenoxy) is 2. The van der Waals surface area contributed by atoms with Gasteiger partial charge in [0.2, 0.25) is 0 Å². The maximum Gasteiger partial charge on any atom is 0.255 e. The van der Waals surface area contributed by atoms with Crippen LogP contribution in [-0.2, 0) is 16.1 Å².